The lowest BCUT2D eigenvalue weighted by atomic mass is 9.98. The topological polar surface area (TPSA) is 69.9 Å². The average Bonchev–Trinajstić information content (AvgIpc) is 2.87. The zero-order valence-electron chi connectivity index (χ0n) is 10.6. The first-order valence-electron chi connectivity index (χ1n) is 6.14. The Kier molecular flexibility index (Phi) is 3.92. The van der Waals surface area contributed by atoms with Gasteiger partial charge in [0.15, 0.2) is 0 Å². The summed E-state index contributed by atoms with van der Waals surface area (Å²) in [4.78, 5) is 14.8. The lowest BCUT2D eigenvalue weighted by Gasteiger charge is -2.28. The van der Waals surface area contributed by atoms with Gasteiger partial charge in [0.2, 0.25) is 0 Å². The average molecular weight is 264 g/mol. The van der Waals surface area contributed by atoms with Crippen molar-refractivity contribution in [2.75, 3.05) is 13.1 Å². The maximum Gasteiger partial charge on any atom is 0.267 e. The van der Waals surface area contributed by atoms with E-state index in [9.17, 15) is 4.79 Å². The molecule has 6 heteroatoms. The highest BCUT2D eigenvalue weighted by Gasteiger charge is 2.27. The highest BCUT2D eigenvalue weighted by Crippen LogP contribution is 2.24. The SMILES string of the molecule is CC(C)c1nnsc1C(=O)N1CCC(C#N)CC1. The van der Waals surface area contributed by atoms with E-state index in [1.807, 2.05) is 18.7 Å². The van der Waals surface area contributed by atoms with Crippen LogP contribution in [0.2, 0.25) is 0 Å². The van der Waals surface area contributed by atoms with Crippen molar-refractivity contribution in [3.63, 3.8) is 0 Å². The van der Waals surface area contributed by atoms with Crippen molar-refractivity contribution in [1.29, 1.82) is 5.26 Å². The third-order valence-corrected chi connectivity index (χ3v) is 3.95. The fraction of sp³-hybridized carbons (Fsp3) is 0.667. The number of likely N-dealkylation sites (tertiary alicyclic amines) is 1. The number of amides is 1. The summed E-state index contributed by atoms with van der Waals surface area (Å²) in [6, 6.07) is 2.27. The van der Waals surface area contributed by atoms with Gasteiger partial charge < -0.3 is 4.90 Å². The fourth-order valence-electron chi connectivity index (χ4n) is 2.08. The Balaban J connectivity index is 2.08. The Labute approximate surface area is 111 Å². The number of nitrogens with zero attached hydrogens (tertiary/aromatic N) is 4. The maximum atomic E-state index is 12.4. The molecule has 5 nitrogen and oxygen atoms in total. The Hall–Kier alpha value is -1.48. The molecule has 0 bridgehead atoms. The Morgan fingerprint density at radius 2 is 2.17 bits per heavy atom. The van der Waals surface area contributed by atoms with E-state index in [2.05, 4.69) is 15.7 Å². The van der Waals surface area contributed by atoms with Crippen molar-refractivity contribution in [2.24, 2.45) is 5.92 Å². The van der Waals surface area contributed by atoms with E-state index in [1.165, 1.54) is 11.5 Å². The number of hydrogen-bond acceptors (Lipinski definition) is 5. The van der Waals surface area contributed by atoms with E-state index in [0.717, 1.165) is 18.5 Å². The molecule has 0 aromatic carbocycles. The van der Waals surface area contributed by atoms with Gasteiger partial charge in [0.25, 0.3) is 5.91 Å². The van der Waals surface area contributed by atoms with E-state index < -0.39 is 0 Å². The van der Waals surface area contributed by atoms with Crippen molar-refractivity contribution in [3.8, 4) is 6.07 Å². The Morgan fingerprint density at radius 1 is 1.50 bits per heavy atom. The zero-order valence-corrected chi connectivity index (χ0v) is 11.4. The Bertz CT molecular complexity index is 469. The predicted octanol–water partition coefficient (Wildman–Crippen LogP) is 2.04. The smallest absolute Gasteiger partial charge is 0.267 e. The quantitative estimate of drug-likeness (QED) is 0.819. The van der Waals surface area contributed by atoms with Gasteiger partial charge in [0, 0.05) is 19.0 Å². The summed E-state index contributed by atoms with van der Waals surface area (Å²) in [5, 5.41) is 12.9. The molecular formula is C12H16N4OS. The first-order valence-corrected chi connectivity index (χ1v) is 6.92. The molecule has 0 atom stereocenters. The number of carbonyl (C=O) groups is 1. The van der Waals surface area contributed by atoms with E-state index in [1.54, 1.807) is 0 Å². The van der Waals surface area contributed by atoms with Crippen LogP contribution in [-0.4, -0.2) is 33.5 Å². The molecule has 18 heavy (non-hydrogen) atoms. The van der Waals surface area contributed by atoms with E-state index in [-0.39, 0.29) is 17.7 Å². The molecule has 1 aliphatic rings. The van der Waals surface area contributed by atoms with Crippen LogP contribution in [0.15, 0.2) is 0 Å². The molecule has 0 N–H and O–H groups in total. The van der Waals surface area contributed by atoms with Gasteiger partial charge in [-0.2, -0.15) is 5.26 Å². The third-order valence-electron chi connectivity index (χ3n) is 3.22. The molecule has 2 rings (SSSR count). The number of carbonyl (C=O) groups excluding carboxylic acids is 1. The lowest BCUT2D eigenvalue weighted by molar-refractivity contribution is 0.0710. The molecule has 0 spiro atoms. The van der Waals surface area contributed by atoms with Crippen LogP contribution in [0.4, 0.5) is 0 Å². The van der Waals surface area contributed by atoms with E-state index in [4.69, 9.17) is 5.26 Å². The maximum absolute atomic E-state index is 12.4. The highest BCUT2D eigenvalue weighted by atomic mass is 32.1. The molecule has 1 aliphatic heterocycles. The second-order valence-electron chi connectivity index (χ2n) is 4.84. The molecule has 0 aliphatic carbocycles. The van der Waals surface area contributed by atoms with Crippen LogP contribution in [0, 0.1) is 17.2 Å². The molecule has 0 saturated carbocycles. The molecule has 1 fully saturated rings. The number of hydrogen-bond donors (Lipinski definition) is 0. The molecule has 1 saturated heterocycles. The zero-order chi connectivity index (χ0) is 13.1. The number of rotatable bonds is 2. The monoisotopic (exact) mass is 264 g/mol. The molecule has 2 heterocycles. The summed E-state index contributed by atoms with van der Waals surface area (Å²) >= 11 is 1.17. The summed E-state index contributed by atoms with van der Waals surface area (Å²) in [7, 11) is 0. The molecular weight excluding hydrogens is 248 g/mol. The molecule has 1 amide bonds. The predicted molar refractivity (Wildman–Crippen MR) is 68.2 cm³/mol. The van der Waals surface area contributed by atoms with Crippen molar-refractivity contribution < 1.29 is 4.79 Å². The van der Waals surface area contributed by atoms with Crippen LogP contribution < -0.4 is 0 Å². The van der Waals surface area contributed by atoms with Gasteiger partial charge in [-0.3, -0.25) is 4.79 Å². The van der Waals surface area contributed by atoms with Crippen LogP contribution in [0.3, 0.4) is 0 Å². The van der Waals surface area contributed by atoms with Crippen molar-refractivity contribution in [1.82, 2.24) is 14.5 Å². The minimum atomic E-state index is 0.0186. The van der Waals surface area contributed by atoms with E-state index in [0.29, 0.717) is 18.0 Å². The minimum absolute atomic E-state index is 0.0186. The fourth-order valence-corrected chi connectivity index (χ4v) is 2.87. The van der Waals surface area contributed by atoms with Crippen molar-refractivity contribution in [2.45, 2.75) is 32.6 Å². The van der Waals surface area contributed by atoms with Gasteiger partial charge in [0.05, 0.1) is 11.8 Å². The lowest BCUT2D eigenvalue weighted by Crippen LogP contribution is -2.38. The van der Waals surface area contributed by atoms with Crippen LogP contribution in [0.1, 0.15) is 48.0 Å². The highest BCUT2D eigenvalue weighted by molar-refractivity contribution is 7.08. The van der Waals surface area contributed by atoms with Gasteiger partial charge in [-0.05, 0) is 30.3 Å². The molecule has 0 unspecified atom stereocenters. The van der Waals surface area contributed by atoms with Crippen LogP contribution in [0.25, 0.3) is 0 Å². The summed E-state index contributed by atoms with van der Waals surface area (Å²) in [6.45, 7) is 5.34. The number of nitriles is 1. The van der Waals surface area contributed by atoms with Crippen LogP contribution in [0.5, 0.6) is 0 Å². The van der Waals surface area contributed by atoms with Crippen LogP contribution in [-0.2, 0) is 0 Å². The van der Waals surface area contributed by atoms with Crippen molar-refractivity contribution >= 4 is 17.4 Å². The normalized spacial score (nSPS) is 16.9. The first-order chi connectivity index (χ1) is 8.63. The second-order valence-corrected chi connectivity index (χ2v) is 5.59. The summed E-state index contributed by atoms with van der Waals surface area (Å²) in [5.41, 5.74) is 0.785. The molecule has 96 valence electrons. The summed E-state index contributed by atoms with van der Waals surface area (Å²) in [5.74, 6) is 0.322. The second kappa shape index (κ2) is 5.44. The largest absolute Gasteiger partial charge is 0.338 e. The first kappa shape index (κ1) is 13.0. The molecule has 1 aromatic rings. The standard InChI is InChI=1S/C12H16N4OS/c1-8(2)10-11(18-15-14-10)12(17)16-5-3-9(7-13)4-6-16/h8-9H,3-6H2,1-2H3. The summed E-state index contributed by atoms with van der Waals surface area (Å²) in [6.07, 6.45) is 1.54. The summed E-state index contributed by atoms with van der Waals surface area (Å²) < 4.78 is 3.88. The van der Waals surface area contributed by atoms with Crippen LogP contribution >= 0.6 is 11.5 Å². The van der Waals surface area contributed by atoms with Gasteiger partial charge in [-0.15, -0.1) is 5.10 Å². The number of aromatic nitrogens is 2. The van der Waals surface area contributed by atoms with Gasteiger partial charge in [0.1, 0.15) is 4.88 Å². The molecule has 0 radical (unpaired) electrons. The van der Waals surface area contributed by atoms with Gasteiger partial charge in [-0.1, -0.05) is 18.3 Å². The molecule has 1 aromatic heterocycles. The van der Waals surface area contributed by atoms with E-state index >= 15 is 0 Å². The third kappa shape index (κ3) is 2.51. The minimum Gasteiger partial charge on any atom is -0.338 e. The number of piperidine rings is 1. The van der Waals surface area contributed by atoms with Gasteiger partial charge in [-0.25, -0.2) is 0 Å². The Morgan fingerprint density at radius 3 is 2.72 bits per heavy atom. The van der Waals surface area contributed by atoms with Gasteiger partial charge >= 0.3 is 0 Å². The van der Waals surface area contributed by atoms with Crippen molar-refractivity contribution in [3.05, 3.63) is 10.6 Å².